The molecule has 1 N–H and O–H groups in total. The van der Waals surface area contributed by atoms with Crippen LogP contribution >= 0.6 is 12.2 Å². The number of rotatable bonds is 6. The van der Waals surface area contributed by atoms with Gasteiger partial charge in [0, 0.05) is 37.9 Å². The number of aromatic nitrogens is 3. The van der Waals surface area contributed by atoms with E-state index < -0.39 is 0 Å². The SMILES string of the molecule is COCCN1C(=S)N[C@@H](c2ccccn2)[C@@H]1c1cccn1-c1ccc(C)cn1. The summed E-state index contributed by atoms with van der Waals surface area (Å²) in [6, 6.07) is 14.2. The Balaban J connectivity index is 1.78. The molecule has 6 nitrogen and oxygen atoms in total. The second-order valence-corrected chi connectivity index (χ2v) is 7.20. The Morgan fingerprint density at radius 3 is 2.75 bits per heavy atom. The van der Waals surface area contributed by atoms with Crippen LogP contribution in [0.2, 0.25) is 0 Å². The second-order valence-electron chi connectivity index (χ2n) is 6.81. The van der Waals surface area contributed by atoms with E-state index in [0.29, 0.717) is 18.3 Å². The molecule has 0 amide bonds. The lowest BCUT2D eigenvalue weighted by Crippen LogP contribution is -2.33. The van der Waals surface area contributed by atoms with E-state index in [1.54, 1.807) is 7.11 Å². The van der Waals surface area contributed by atoms with E-state index in [9.17, 15) is 0 Å². The van der Waals surface area contributed by atoms with Gasteiger partial charge in [-0.1, -0.05) is 12.1 Å². The molecule has 3 aromatic rings. The lowest BCUT2D eigenvalue weighted by atomic mass is 10.0. The molecule has 144 valence electrons. The van der Waals surface area contributed by atoms with Crippen molar-refractivity contribution in [3.8, 4) is 5.82 Å². The molecule has 0 saturated carbocycles. The van der Waals surface area contributed by atoms with Gasteiger partial charge < -0.3 is 19.5 Å². The van der Waals surface area contributed by atoms with Crippen LogP contribution in [0.4, 0.5) is 0 Å². The second kappa shape index (κ2) is 8.08. The van der Waals surface area contributed by atoms with Crippen molar-refractivity contribution in [2.75, 3.05) is 20.3 Å². The highest BCUT2D eigenvalue weighted by atomic mass is 32.1. The Labute approximate surface area is 170 Å². The molecule has 1 fully saturated rings. The molecular formula is C21H23N5OS. The number of ether oxygens (including phenoxy) is 1. The van der Waals surface area contributed by atoms with Gasteiger partial charge in [0.2, 0.25) is 0 Å². The lowest BCUT2D eigenvalue weighted by Gasteiger charge is -2.28. The minimum atomic E-state index is -0.0512. The third-order valence-corrected chi connectivity index (χ3v) is 5.31. The fourth-order valence-corrected chi connectivity index (χ4v) is 3.94. The lowest BCUT2D eigenvalue weighted by molar-refractivity contribution is 0.163. The van der Waals surface area contributed by atoms with Crippen molar-refractivity contribution in [1.82, 2.24) is 24.8 Å². The van der Waals surface area contributed by atoms with Crippen LogP contribution < -0.4 is 5.32 Å². The molecule has 4 rings (SSSR count). The number of pyridine rings is 2. The minimum Gasteiger partial charge on any atom is -0.383 e. The largest absolute Gasteiger partial charge is 0.383 e. The molecule has 0 aromatic carbocycles. The first-order chi connectivity index (χ1) is 13.7. The molecule has 1 aliphatic rings. The Bertz CT molecular complexity index is 941. The van der Waals surface area contributed by atoms with Crippen LogP contribution in [0.1, 0.15) is 29.0 Å². The molecule has 1 saturated heterocycles. The zero-order chi connectivity index (χ0) is 19.5. The molecular weight excluding hydrogens is 370 g/mol. The number of aryl methyl sites for hydroxylation is 1. The zero-order valence-electron chi connectivity index (χ0n) is 15.9. The molecule has 1 aliphatic heterocycles. The molecule has 0 radical (unpaired) electrons. The monoisotopic (exact) mass is 393 g/mol. The van der Waals surface area contributed by atoms with Crippen LogP contribution in [0.5, 0.6) is 0 Å². The van der Waals surface area contributed by atoms with Gasteiger partial charge in [-0.3, -0.25) is 4.98 Å². The molecule has 0 aliphatic carbocycles. The van der Waals surface area contributed by atoms with Gasteiger partial charge in [0.15, 0.2) is 5.11 Å². The normalized spacial score (nSPS) is 19.1. The van der Waals surface area contributed by atoms with Crippen LogP contribution in [0.3, 0.4) is 0 Å². The van der Waals surface area contributed by atoms with Crippen molar-refractivity contribution in [1.29, 1.82) is 0 Å². The highest BCUT2D eigenvalue weighted by Gasteiger charge is 2.41. The van der Waals surface area contributed by atoms with Crippen molar-refractivity contribution in [3.63, 3.8) is 0 Å². The van der Waals surface area contributed by atoms with E-state index in [-0.39, 0.29) is 12.1 Å². The van der Waals surface area contributed by atoms with Gasteiger partial charge in [-0.25, -0.2) is 4.98 Å². The van der Waals surface area contributed by atoms with E-state index in [0.717, 1.165) is 22.8 Å². The fourth-order valence-electron chi connectivity index (χ4n) is 3.60. The quantitative estimate of drug-likeness (QED) is 0.649. The number of nitrogens with one attached hydrogen (secondary N) is 1. The maximum atomic E-state index is 5.67. The summed E-state index contributed by atoms with van der Waals surface area (Å²) in [7, 11) is 1.71. The van der Waals surface area contributed by atoms with Crippen LogP contribution in [0.15, 0.2) is 61.1 Å². The summed E-state index contributed by atoms with van der Waals surface area (Å²) in [6.45, 7) is 3.33. The molecule has 0 spiro atoms. The van der Waals surface area contributed by atoms with Crippen LogP contribution in [0, 0.1) is 6.92 Å². The maximum Gasteiger partial charge on any atom is 0.170 e. The molecule has 0 bridgehead atoms. The van der Waals surface area contributed by atoms with Gasteiger partial charge in [-0.05, 0) is 55.0 Å². The van der Waals surface area contributed by atoms with Crippen molar-refractivity contribution < 1.29 is 4.74 Å². The maximum absolute atomic E-state index is 5.67. The van der Waals surface area contributed by atoms with E-state index in [2.05, 4.69) is 36.9 Å². The fraction of sp³-hybridized carbons (Fsp3) is 0.286. The van der Waals surface area contributed by atoms with Crippen molar-refractivity contribution in [3.05, 3.63) is 78.0 Å². The summed E-state index contributed by atoms with van der Waals surface area (Å²) >= 11 is 5.67. The Hall–Kier alpha value is -2.77. The average Bonchev–Trinajstić information content (AvgIpc) is 3.32. The highest BCUT2D eigenvalue weighted by Crippen LogP contribution is 2.39. The van der Waals surface area contributed by atoms with Gasteiger partial charge in [0.05, 0.1) is 24.4 Å². The standard InChI is InChI=1S/C21H23N5OS/c1-15-8-9-18(23-14-15)25-11-5-7-17(25)20-19(16-6-3-4-10-22-16)24-21(28)26(20)12-13-27-2/h3-11,14,19-20H,12-13H2,1-2H3,(H,24,28)/t19-,20-/m0/s1. The summed E-state index contributed by atoms with van der Waals surface area (Å²) in [5.74, 6) is 0.884. The number of thiocarbonyl (C=S) groups is 1. The van der Waals surface area contributed by atoms with Gasteiger partial charge >= 0.3 is 0 Å². The molecule has 7 heteroatoms. The van der Waals surface area contributed by atoms with E-state index >= 15 is 0 Å². The summed E-state index contributed by atoms with van der Waals surface area (Å²) in [5, 5.41) is 4.17. The summed E-state index contributed by atoms with van der Waals surface area (Å²) in [5.41, 5.74) is 3.20. The van der Waals surface area contributed by atoms with Gasteiger partial charge in [-0.15, -0.1) is 0 Å². The van der Waals surface area contributed by atoms with E-state index in [4.69, 9.17) is 17.0 Å². The van der Waals surface area contributed by atoms with Crippen LogP contribution in [0.25, 0.3) is 5.82 Å². The third kappa shape index (κ3) is 3.50. The van der Waals surface area contributed by atoms with Crippen LogP contribution in [-0.4, -0.2) is 44.8 Å². The highest BCUT2D eigenvalue weighted by molar-refractivity contribution is 7.80. The Morgan fingerprint density at radius 1 is 1.14 bits per heavy atom. The predicted molar refractivity (Wildman–Crippen MR) is 112 cm³/mol. The molecule has 3 aromatic heterocycles. The van der Waals surface area contributed by atoms with Crippen molar-refractivity contribution in [2.45, 2.75) is 19.0 Å². The van der Waals surface area contributed by atoms with Crippen molar-refractivity contribution in [2.24, 2.45) is 0 Å². The smallest absolute Gasteiger partial charge is 0.170 e. The predicted octanol–water partition coefficient (Wildman–Crippen LogP) is 3.19. The van der Waals surface area contributed by atoms with Gasteiger partial charge in [0.25, 0.3) is 0 Å². The van der Waals surface area contributed by atoms with E-state index in [1.807, 2.05) is 55.8 Å². The van der Waals surface area contributed by atoms with Gasteiger partial charge in [-0.2, -0.15) is 0 Å². The topological polar surface area (TPSA) is 55.2 Å². The van der Waals surface area contributed by atoms with Crippen LogP contribution in [-0.2, 0) is 4.74 Å². The number of methoxy groups -OCH3 is 1. The molecule has 0 unspecified atom stereocenters. The average molecular weight is 394 g/mol. The summed E-state index contributed by atoms with van der Waals surface area (Å²) in [6.07, 6.45) is 5.74. The van der Waals surface area contributed by atoms with E-state index in [1.165, 1.54) is 0 Å². The number of hydrogen-bond acceptors (Lipinski definition) is 4. The third-order valence-electron chi connectivity index (χ3n) is 4.96. The molecule has 2 atom stereocenters. The first-order valence-corrected chi connectivity index (χ1v) is 9.67. The number of hydrogen-bond donors (Lipinski definition) is 1. The Kier molecular flexibility index (Phi) is 5.36. The zero-order valence-corrected chi connectivity index (χ0v) is 16.8. The number of nitrogens with zero attached hydrogens (tertiary/aromatic N) is 4. The van der Waals surface area contributed by atoms with Gasteiger partial charge in [0.1, 0.15) is 5.82 Å². The van der Waals surface area contributed by atoms with Crippen molar-refractivity contribution >= 4 is 17.3 Å². The summed E-state index contributed by atoms with van der Waals surface area (Å²) < 4.78 is 7.44. The first kappa shape index (κ1) is 18.6. The Morgan fingerprint density at radius 2 is 2.04 bits per heavy atom. The summed E-state index contributed by atoms with van der Waals surface area (Å²) in [4.78, 5) is 11.4. The minimum absolute atomic E-state index is 0.0179. The molecule has 4 heterocycles. The first-order valence-electron chi connectivity index (χ1n) is 9.26. The molecule has 28 heavy (non-hydrogen) atoms.